The molecular weight excluding hydrogens is 496 g/mol. The second kappa shape index (κ2) is 10.3. The van der Waals surface area contributed by atoms with Gasteiger partial charge in [-0.05, 0) is 75.2 Å². The molecule has 3 aromatic carbocycles. The second-order valence-corrected chi connectivity index (χ2v) is 10.6. The lowest BCUT2D eigenvalue weighted by Gasteiger charge is -2.15. The highest BCUT2D eigenvalue weighted by atomic mass is 32.2. The summed E-state index contributed by atoms with van der Waals surface area (Å²) in [6.07, 6.45) is 1.72. The van der Waals surface area contributed by atoms with Gasteiger partial charge in [0.2, 0.25) is 0 Å². The van der Waals surface area contributed by atoms with E-state index in [1.165, 1.54) is 11.8 Å². The maximum absolute atomic E-state index is 13.8. The van der Waals surface area contributed by atoms with Gasteiger partial charge in [-0.2, -0.15) is 0 Å². The lowest BCUT2D eigenvalue weighted by molar-refractivity contribution is 0.0942. The Balaban J connectivity index is 1.59. The van der Waals surface area contributed by atoms with Crippen molar-refractivity contribution in [2.24, 2.45) is 0 Å². The van der Waals surface area contributed by atoms with Gasteiger partial charge in [-0.1, -0.05) is 36.0 Å². The van der Waals surface area contributed by atoms with E-state index in [-0.39, 0.29) is 29.0 Å². The van der Waals surface area contributed by atoms with Gasteiger partial charge in [0.05, 0.1) is 22.3 Å². The van der Waals surface area contributed by atoms with Crippen LogP contribution in [0.1, 0.15) is 45.7 Å². The summed E-state index contributed by atoms with van der Waals surface area (Å²) in [5, 5.41) is 4.52. The number of rotatable bonds is 7. The van der Waals surface area contributed by atoms with Gasteiger partial charge in [0, 0.05) is 34.3 Å². The Kier molecular flexibility index (Phi) is 6.91. The van der Waals surface area contributed by atoms with Crippen molar-refractivity contribution in [3.05, 3.63) is 99.5 Å². The summed E-state index contributed by atoms with van der Waals surface area (Å²) < 4.78 is 1.56. The molecule has 0 radical (unpaired) electrons. The van der Waals surface area contributed by atoms with Gasteiger partial charge in [-0.25, -0.2) is 4.98 Å². The van der Waals surface area contributed by atoms with Crippen LogP contribution >= 0.6 is 11.8 Å². The maximum atomic E-state index is 13.8. The summed E-state index contributed by atoms with van der Waals surface area (Å²) in [5.74, 6) is -0.206. The van der Waals surface area contributed by atoms with Crippen molar-refractivity contribution in [3.8, 4) is 5.69 Å². The van der Waals surface area contributed by atoms with Gasteiger partial charge in [0.1, 0.15) is 0 Å². The number of ketones is 1. The van der Waals surface area contributed by atoms with Crippen LogP contribution in [-0.4, -0.2) is 38.0 Å². The fourth-order valence-corrected chi connectivity index (χ4v) is 5.46. The summed E-state index contributed by atoms with van der Waals surface area (Å²) >= 11 is 1.21. The van der Waals surface area contributed by atoms with Crippen molar-refractivity contribution in [1.29, 1.82) is 0 Å². The van der Waals surface area contributed by atoms with E-state index in [1.54, 1.807) is 29.0 Å². The maximum Gasteiger partial charge on any atom is 0.266 e. The fraction of sp³-hybridized carbons (Fsp3) is 0.200. The van der Waals surface area contributed by atoms with Crippen molar-refractivity contribution < 1.29 is 9.59 Å². The van der Waals surface area contributed by atoms with Gasteiger partial charge in [-0.3, -0.25) is 19.0 Å². The smallest absolute Gasteiger partial charge is 0.266 e. The fourth-order valence-electron chi connectivity index (χ4n) is 4.57. The quantitative estimate of drug-likeness (QED) is 0.164. The van der Waals surface area contributed by atoms with E-state index in [4.69, 9.17) is 4.98 Å². The molecule has 0 aliphatic rings. The first-order valence-corrected chi connectivity index (χ1v) is 13.4. The average molecular weight is 525 g/mol. The van der Waals surface area contributed by atoms with Crippen molar-refractivity contribution in [1.82, 2.24) is 19.9 Å². The number of nitrogens with zero attached hydrogens (tertiary/aromatic N) is 2. The minimum absolute atomic E-state index is 0.0228. The lowest BCUT2D eigenvalue weighted by Crippen LogP contribution is -2.30. The Morgan fingerprint density at radius 3 is 2.47 bits per heavy atom. The molecule has 2 heterocycles. The van der Waals surface area contributed by atoms with Crippen LogP contribution in [0, 0.1) is 13.8 Å². The highest BCUT2D eigenvalue weighted by Gasteiger charge is 2.19. The highest BCUT2D eigenvalue weighted by Crippen LogP contribution is 2.26. The molecule has 1 amide bonds. The molecule has 0 fully saturated rings. The van der Waals surface area contributed by atoms with E-state index in [0.717, 1.165) is 22.0 Å². The molecule has 0 atom stereocenters. The SMILES string of the molecule is Cc1cc(C)cc(-n2c(SCC(=O)c3c[nH]c4ccccc34)nc3cc(C(=O)NC(C)C)ccc3c2=O)c1. The number of aromatic amines is 1. The molecule has 0 aliphatic carbocycles. The Morgan fingerprint density at radius 1 is 1.00 bits per heavy atom. The molecule has 7 nitrogen and oxygen atoms in total. The number of carbonyl (C=O) groups is 2. The molecule has 192 valence electrons. The summed E-state index contributed by atoms with van der Waals surface area (Å²) in [6, 6.07) is 18.4. The van der Waals surface area contributed by atoms with E-state index in [1.807, 2.05) is 70.2 Å². The third-order valence-electron chi connectivity index (χ3n) is 6.21. The average Bonchev–Trinajstić information content (AvgIpc) is 3.30. The molecule has 0 aliphatic heterocycles. The number of Topliss-reactive ketones (excluding diaryl/α,β-unsaturated/α-hetero) is 1. The molecule has 2 aromatic heterocycles. The first-order valence-electron chi connectivity index (χ1n) is 12.4. The van der Waals surface area contributed by atoms with Crippen LogP contribution in [0.3, 0.4) is 0 Å². The van der Waals surface area contributed by atoms with Gasteiger partial charge >= 0.3 is 0 Å². The first-order chi connectivity index (χ1) is 18.2. The van der Waals surface area contributed by atoms with Crippen molar-refractivity contribution in [2.45, 2.75) is 38.9 Å². The number of hydrogen-bond donors (Lipinski definition) is 2. The van der Waals surface area contributed by atoms with E-state index in [2.05, 4.69) is 10.3 Å². The number of amides is 1. The van der Waals surface area contributed by atoms with Crippen molar-refractivity contribution in [2.75, 3.05) is 5.75 Å². The Bertz CT molecular complexity index is 1750. The van der Waals surface area contributed by atoms with Crippen LogP contribution < -0.4 is 10.9 Å². The van der Waals surface area contributed by atoms with E-state index in [9.17, 15) is 14.4 Å². The first kappa shape index (κ1) is 25.5. The number of thioether (sulfide) groups is 1. The van der Waals surface area contributed by atoms with Crippen molar-refractivity contribution in [3.63, 3.8) is 0 Å². The van der Waals surface area contributed by atoms with Gasteiger partial charge in [0.15, 0.2) is 10.9 Å². The van der Waals surface area contributed by atoms with Crippen LogP contribution in [0.5, 0.6) is 0 Å². The topological polar surface area (TPSA) is 96.8 Å². The zero-order valence-corrected chi connectivity index (χ0v) is 22.5. The third kappa shape index (κ3) is 4.99. The number of nitrogens with one attached hydrogen (secondary N) is 2. The van der Waals surface area contributed by atoms with Crippen LogP contribution in [0.4, 0.5) is 0 Å². The van der Waals surface area contributed by atoms with Gasteiger partial charge in [0.25, 0.3) is 11.5 Å². The Hall–Kier alpha value is -4.17. The standard InChI is InChI=1S/C30H28N4O3S/c1-17(2)32-28(36)20-9-10-23-26(14-20)33-30(34(29(23)37)21-12-18(3)11-19(4)13-21)38-16-27(35)24-15-31-25-8-6-5-7-22(24)25/h5-15,17,31H,16H2,1-4H3,(H,32,36). The van der Waals surface area contributed by atoms with E-state index < -0.39 is 0 Å². The van der Waals surface area contributed by atoms with Crippen LogP contribution in [-0.2, 0) is 0 Å². The molecule has 5 rings (SSSR count). The van der Waals surface area contributed by atoms with Crippen LogP contribution in [0.15, 0.2) is 76.8 Å². The summed E-state index contributed by atoms with van der Waals surface area (Å²) in [5.41, 5.74) is 4.79. The molecule has 8 heteroatoms. The highest BCUT2D eigenvalue weighted by molar-refractivity contribution is 7.99. The molecule has 0 unspecified atom stereocenters. The Morgan fingerprint density at radius 2 is 1.74 bits per heavy atom. The zero-order valence-electron chi connectivity index (χ0n) is 21.7. The molecule has 0 bridgehead atoms. The van der Waals surface area contributed by atoms with Crippen molar-refractivity contribution >= 4 is 45.3 Å². The molecule has 38 heavy (non-hydrogen) atoms. The largest absolute Gasteiger partial charge is 0.360 e. The number of carbonyl (C=O) groups excluding carboxylic acids is 2. The van der Waals surface area contributed by atoms with E-state index >= 15 is 0 Å². The molecule has 0 spiro atoms. The minimum Gasteiger partial charge on any atom is -0.360 e. The second-order valence-electron chi connectivity index (χ2n) is 9.70. The summed E-state index contributed by atoms with van der Waals surface area (Å²) in [7, 11) is 0. The Labute approximate surface area is 224 Å². The summed E-state index contributed by atoms with van der Waals surface area (Å²) in [6.45, 7) is 7.73. The lowest BCUT2D eigenvalue weighted by atomic mass is 10.1. The molecule has 0 saturated carbocycles. The van der Waals surface area contributed by atoms with Crippen LogP contribution in [0.25, 0.3) is 27.5 Å². The number of aromatic nitrogens is 3. The molecular formula is C30H28N4O3S. The number of aryl methyl sites for hydroxylation is 2. The number of H-pyrrole nitrogens is 1. The minimum atomic E-state index is -0.252. The summed E-state index contributed by atoms with van der Waals surface area (Å²) in [4.78, 5) is 47.6. The third-order valence-corrected chi connectivity index (χ3v) is 7.15. The van der Waals surface area contributed by atoms with Gasteiger partial charge < -0.3 is 10.3 Å². The van der Waals surface area contributed by atoms with Crippen LogP contribution in [0.2, 0.25) is 0 Å². The zero-order chi connectivity index (χ0) is 27.0. The predicted octanol–water partition coefficient (Wildman–Crippen LogP) is 5.60. The number of para-hydroxylation sites is 1. The van der Waals surface area contributed by atoms with Gasteiger partial charge in [-0.15, -0.1) is 0 Å². The number of fused-ring (bicyclic) bond motifs is 2. The number of hydrogen-bond acceptors (Lipinski definition) is 5. The normalized spacial score (nSPS) is 11.4. The molecule has 5 aromatic rings. The molecule has 0 saturated heterocycles. The number of benzene rings is 3. The van der Waals surface area contributed by atoms with E-state index in [0.29, 0.717) is 32.9 Å². The predicted molar refractivity (Wildman–Crippen MR) is 153 cm³/mol. The molecule has 2 N–H and O–H groups in total. The monoisotopic (exact) mass is 524 g/mol.